The molecule has 0 aliphatic carbocycles. The molecule has 0 N–H and O–H groups in total. The van der Waals surface area contributed by atoms with Crippen LogP contribution in [-0.2, 0) is 0 Å². The van der Waals surface area contributed by atoms with Gasteiger partial charge in [0.1, 0.15) is 0 Å². The third-order valence-electron chi connectivity index (χ3n) is 2.30. The van der Waals surface area contributed by atoms with E-state index in [4.69, 9.17) is 23.2 Å². The van der Waals surface area contributed by atoms with Gasteiger partial charge < -0.3 is 4.90 Å². The van der Waals surface area contributed by atoms with Crippen molar-refractivity contribution in [3.63, 3.8) is 0 Å². The Morgan fingerprint density at radius 2 is 0.938 bits per heavy atom. The molecule has 3 heteroatoms. The van der Waals surface area contributed by atoms with Gasteiger partial charge in [0.15, 0.2) is 0 Å². The second kappa shape index (κ2) is 24.7. The van der Waals surface area contributed by atoms with Gasteiger partial charge in [0.2, 0.25) is 0 Å². The van der Waals surface area contributed by atoms with Crippen LogP contribution in [0, 0.1) is 0 Å². The summed E-state index contributed by atoms with van der Waals surface area (Å²) >= 11 is 9.53. The van der Waals surface area contributed by atoms with Crippen LogP contribution in [0.4, 0.5) is 0 Å². The van der Waals surface area contributed by atoms with E-state index in [9.17, 15) is 0 Å². The van der Waals surface area contributed by atoms with Gasteiger partial charge in [0.05, 0.1) is 5.34 Å². The highest BCUT2D eigenvalue weighted by atomic mass is 35.5. The lowest BCUT2D eigenvalue weighted by Crippen LogP contribution is -2.21. The van der Waals surface area contributed by atoms with Gasteiger partial charge in [-0.05, 0) is 19.6 Å². The van der Waals surface area contributed by atoms with Crippen molar-refractivity contribution < 1.29 is 0 Å². The maximum atomic E-state index is 4.76. The molecule has 0 fully saturated rings. The molecule has 0 unspecified atom stereocenters. The zero-order chi connectivity index (χ0) is 13.2. The molecule has 0 aliphatic heterocycles. The van der Waals surface area contributed by atoms with E-state index in [-0.39, 0.29) is 5.34 Å². The molecule has 102 valence electrons. The highest BCUT2D eigenvalue weighted by Gasteiger charge is 1.89. The van der Waals surface area contributed by atoms with Crippen molar-refractivity contribution in [3.8, 4) is 0 Å². The fourth-order valence-electron chi connectivity index (χ4n) is 1.17. The van der Waals surface area contributed by atoms with E-state index in [2.05, 4.69) is 39.5 Å². The minimum Gasteiger partial charge on any atom is -0.304 e. The summed E-state index contributed by atoms with van der Waals surface area (Å²) in [4.78, 5) is 2.38. The summed E-state index contributed by atoms with van der Waals surface area (Å²) in [6.07, 6.45) is 5.54. The van der Waals surface area contributed by atoms with Crippen LogP contribution < -0.4 is 0 Å². The standard InChI is InChI=1S/C6H15N.C6H14.CH2Cl2/c1-4-7(5-2)6-3;1-3-5-6-4-2;2-1-3/h4-6H2,1-3H3;3-6H2,1-2H3;1H2. The van der Waals surface area contributed by atoms with E-state index in [1.165, 1.54) is 45.3 Å². The Hall–Kier alpha value is 0.540. The Balaban J connectivity index is -0.000000172. The van der Waals surface area contributed by atoms with E-state index in [1.54, 1.807) is 0 Å². The first-order valence-electron chi connectivity index (χ1n) is 6.52. The van der Waals surface area contributed by atoms with Gasteiger partial charge in [0, 0.05) is 0 Å². The van der Waals surface area contributed by atoms with Crippen LogP contribution in [0.1, 0.15) is 60.3 Å². The molecule has 0 aromatic rings. The molecule has 0 aliphatic rings. The van der Waals surface area contributed by atoms with Crippen molar-refractivity contribution in [1.29, 1.82) is 0 Å². The van der Waals surface area contributed by atoms with Crippen LogP contribution in [0.2, 0.25) is 0 Å². The predicted molar refractivity (Wildman–Crippen MR) is 79.9 cm³/mol. The van der Waals surface area contributed by atoms with Crippen molar-refractivity contribution >= 4 is 23.2 Å². The second-order valence-corrected chi connectivity index (χ2v) is 4.24. The smallest absolute Gasteiger partial charge is 0.0967 e. The lowest BCUT2D eigenvalue weighted by atomic mass is 10.2. The third kappa shape index (κ3) is 29.3. The summed E-state index contributed by atoms with van der Waals surface area (Å²) < 4.78 is 0. The molecule has 1 nitrogen and oxygen atoms in total. The number of hydrogen-bond donors (Lipinski definition) is 0. The fraction of sp³-hybridized carbons (Fsp3) is 1.00. The molecule has 0 bridgehead atoms. The van der Waals surface area contributed by atoms with Crippen LogP contribution in [0.25, 0.3) is 0 Å². The largest absolute Gasteiger partial charge is 0.304 e. The zero-order valence-corrected chi connectivity index (χ0v) is 13.4. The van der Waals surface area contributed by atoms with Crippen LogP contribution in [0.5, 0.6) is 0 Å². The average molecular weight is 272 g/mol. The van der Waals surface area contributed by atoms with Gasteiger partial charge in [0.25, 0.3) is 0 Å². The van der Waals surface area contributed by atoms with Crippen molar-refractivity contribution in [1.82, 2.24) is 4.90 Å². The second-order valence-electron chi connectivity index (χ2n) is 3.43. The molecular formula is C13H31Cl2N. The molecule has 0 saturated carbocycles. The number of unbranched alkanes of at least 4 members (excludes halogenated alkanes) is 3. The summed E-state index contributed by atoms with van der Waals surface area (Å²) in [7, 11) is 0. The summed E-state index contributed by atoms with van der Waals surface area (Å²) in [5.41, 5.74) is 0. The van der Waals surface area contributed by atoms with Gasteiger partial charge in [-0.1, -0.05) is 60.3 Å². The first-order valence-corrected chi connectivity index (χ1v) is 7.59. The van der Waals surface area contributed by atoms with E-state index in [0.717, 1.165) is 0 Å². The molecular weight excluding hydrogens is 241 g/mol. The van der Waals surface area contributed by atoms with Crippen LogP contribution in [-0.4, -0.2) is 29.9 Å². The maximum Gasteiger partial charge on any atom is 0.0967 e. The molecule has 0 aromatic heterocycles. The van der Waals surface area contributed by atoms with Crippen molar-refractivity contribution in [3.05, 3.63) is 0 Å². The van der Waals surface area contributed by atoms with Gasteiger partial charge >= 0.3 is 0 Å². The molecule has 0 heterocycles. The molecule has 0 spiro atoms. The minimum absolute atomic E-state index is 0.194. The Morgan fingerprint density at radius 1 is 0.688 bits per heavy atom. The number of nitrogens with zero attached hydrogens (tertiary/aromatic N) is 1. The molecule has 16 heavy (non-hydrogen) atoms. The zero-order valence-electron chi connectivity index (χ0n) is 11.9. The van der Waals surface area contributed by atoms with Crippen LogP contribution >= 0.6 is 23.2 Å². The Labute approximate surface area is 113 Å². The fourth-order valence-corrected chi connectivity index (χ4v) is 1.17. The Bertz CT molecular complexity index is 76.5. The number of rotatable bonds is 6. The third-order valence-corrected chi connectivity index (χ3v) is 2.30. The summed E-state index contributed by atoms with van der Waals surface area (Å²) in [6, 6.07) is 0. The van der Waals surface area contributed by atoms with E-state index >= 15 is 0 Å². The molecule has 0 rings (SSSR count). The highest BCUT2D eigenvalue weighted by Crippen LogP contribution is 1.95. The Morgan fingerprint density at radius 3 is 1.00 bits per heavy atom. The summed E-state index contributed by atoms with van der Waals surface area (Å²) in [5, 5.41) is 0.194. The van der Waals surface area contributed by atoms with Gasteiger partial charge in [-0.25, -0.2) is 0 Å². The number of halogens is 2. The SMILES string of the molecule is CCCCCC.CCN(CC)CC.ClCCl. The normalized spacial score (nSPS) is 9.00. The molecule has 0 atom stereocenters. The lowest BCUT2D eigenvalue weighted by molar-refractivity contribution is 0.321. The van der Waals surface area contributed by atoms with Gasteiger partial charge in [-0.3, -0.25) is 0 Å². The molecule has 0 saturated heterocycles. The number of hydrogen-bond acceptors (Lipinski definition) is 1. The van der Waals surface area contributed by atoms with Crippen LogP contribution in [0.3, 0.4) is 0 Å². The van der Waals surface area contributed by atoms with E-state index < -0.39 is 0 Å². The summed E-state index contributed by atoms with van der Waals surface area (Å²) in [6.45, 7) is 14.6. The minimum atomic E-state index is 0.194. The summed E-state index contributed by atoms with van der Waals surface area (Å²) in [5.74, 6) is 0. The van der Waals surface area contributed by atoms with Crippen molar-refractivity contribution in [2.75, 3.05) is 25.0 Å². The highest BCUT2D eigenvalue weighted by molar-refractivity contribution is 6.40. The first-order chi connectivity index (χ1) is 7.67. The quantitative estimate of drug-likeness (QED) is 0.465. The van der Waals surface area contributed by atoms with Gasteiger partial charge in [-0.2, -0.15) is 0 Å². The lowest BCUT2D eigenvalue weighted by Gasteiger charge is -2.13. The predicted octanol–water partition coefficient (Wildman–Crippen LogP) is 5.36. The monoisotopic (exact) mass is 271 g/mol. The number of alkyl halides is 2. The average Bonchev–Trinajstić information content (AvgIpc) is 2.30. The van der Waals surface area contributed by atoms with Crippen LogP contribution in [0.15, 0.2) is 0 Å². The topological polar surface area (TPSA) is 3.24 Å². The first kappa shape index (κ1) is 21.8. The van der Waals surface area contributed by atoms with Gasteiger partial charge in [-0.15, -0.1) is 23.2 Å². The molecule has 0 amide bonds. The Kier molecular flexibility index (Phi) is 33.6. The maximum absolute atomic E-state index is 4.76. The van der Waals surface area contributed by atoms with E-state index in [1.807, 2.05) is 0 Å². The van der Waals surface area contributed by atoms with Crippen molar-refractivity contribution in [2.24, 2.45) is 0 Å². The van der Waals surface area contributed by atoms with E-state index in [0.29, 0.717) is 0 Å². The molecule has 0 aromatic carbocycles. The van der Waals surface area contributed by atoms with Crippen molar-refractivity contribution in [2.45, 2.75) is 60.3 Å². The molecule has 0 radical (unpaired) electrons.